The highest BCUT2D eigenvalue weighted by molar-refractivity contribution is 7.29. The van der Waals surface area contributed by atoms with Gasteiger partial charge >= 0.3 is 6.18 Å². The molecule has 0 aliphatic heterocycles. The number of aryl methyl sites for hydroxylation is 1. The Labute approximate surface area is 229 Å². The fraction of sp³-hybridized carbons (Fsp3) is 0.0667. The zero-order valence-electron chi connectivity index (χ0n) is 19.5. The lowest BCUT2D eigenvalue weighted by Crippen LogP contribution is -2.03. The highest BCUT2D eigenvalue weighted by atomic mass is 32.1. The van der Waals surface area contributed by atoms with Gasteiger partial charge in [-0.2, -0.15) is 13.2 Å². The summed E-state index contributed by atoms with van der Waals surface area (Å²) in [4.78, 5) is 9.47. The van der Waals surface area contributed by atoms with E-state index in [-0.39, 0.29) is 0 Å². The highest BCUT2D eigenvalue weighted by Crippen LogP contribution is 2.45. The van der Waals surface area contributed by atoms with Crippen molar-refractivity contribution in [3.05, 3.63) is 108 Å². The second kappa shape index (κ2) is 9.72. The molecule has 0 bridgehead atoms. The van der Waals surface area contributed by atoms with Crippen LogP contribution in [-0.2, 0) is 6.18 Å². The Bertz CT molecular complexity index is 1660. The van der Waals surface area contributed by atoms with Gasteiger partial charge in [-0.3, -0.25) is 0 Å². The molecule has 0 N–H and O–H groups in total. The van der Waals surface area contributed by atoms with Crippen molar-refractivity contribution in [1.82, 2.24) is 0 Å². The monoisotopic (exact) mass is 564 g/mol. The standard InChI is InChI=1S/C30H19F3S4/c1-18-2-4-19(5-3-18)22-10-12-24(34-22)26-14-16-28(36-26)29-17-15-27(37-29)25-13-11-23(35-25)20-6-8-21(9-7-20)30(31,32)33/h2-17H,1H3. The molecule has 6 aromatic rings. The third-order valence-corrected chi connectivity index (χ3v) is 11.0. The van der Waals surface area contributed by atoms with Crippen LogP contribution in [0.2, 0.25) is 0 Å². The summed E-state index contributed by atoms with van der Waals surface area (Å²) in [5.74, 6) is 0. The third kappa shape index (κ3) is 5.09. The molecule has 6 rings (SSSR count). The highest BCUT2D eigenvalue weighted by Gasteiger charge is 2.30. The van der Waals surface area contributed by atoms with E-state index in [2.05, 4.69) is 67.6 Å². The Morgan fingerprint density at radius 3 is 1.05 bits per heavy atom. The normalized spacial score (nSPS) is 11.8. The van der Waals surface area contributed by atoms with Gasteiger partial charge in [-0.15, -0.1) is 45.3 Å². The Morgan fingerprint density at radius 1 is 0.405 bits per heavy atom. The van der Waals surface area contributed by atoms with Gasteiger partial charge in [0.25, 0.3) is 0 Å². The molecule has 0 saturated carbocycles. The smallest absolute Gasteiger partial charge is 0.166 e. The molecule has 0 saturated heterocycles. The fourth-order valence-corrected chi connectivity index (χ4v) is 8.30. The first-order valence-electron chi connectivity index (χ1n) is 11.5. The van der Waals surface area contributed by atoms with E-state index in [0.717, 1.165) is 32.3 Å². The van der Waals surface area contributed by atoms with Crippen molar-refractivity contribution in [2.45, 2.75) is 13.1 Å². The predicted octanol–water partition coefficient (Wildman–Crippen LogP) is 11.6. The van der Waals surface area contributed by atoms with Crippen LogP contribution in [-0.4, -0.2) is 0 Å². The van der Waals surface area contributed by atoms with Gasteiger partial charge in [0.1, 0.15) is 0 Å². The maximum absolute atomic E-state index is 12.9. The number of hydrogen-bond acceptors (Lipinski definition) is 4. The van der Waals surface area contributed by atoms with Crippen LogP contribution in [0.25, 0.3) is 50.1 Å². The Balaban J connectivity index is 1.20. The number of rotatable bonds is 5. The van der Waals surface area contributed by atoms with Crippen LogP contribution in [0.3, 0.4) is 0 Å². The van der Waals surface area contributed by atoms with E-state index in [4.69, 9.17) is 0 Å². The van der Waals surface area contributed by atoms with Crippen molar-refractivity contribution in [3.63, 3.8) is 0 Å². The lowest BCUT2D eigenvalue weighted by molar-refractivity contribution is -0.137. The van der Waals surface area contributed by atoms with E-state index in [1.807, 2.05) is 23.5 Å². The van der Waals surface area contributed by atoms with Crippen LogP contribution < -0.4 is 0 Å². The maximum Gasteiger partial charge on any atom is 0.416 e. The minimum atomic E-state index is -4.32. The number of benzene rings is 2. The molecule has 0 fully saturated rings. The fourth-order valence-electron chi connectivity index (χ4n) is 4.00. The van der Waals surface area contributed by atoms with E-state index < -0.39 is 11.7 Å². The molecular weight excluding hydrogens is 546 g/mol. The molecular formula is C30H19F3S4. The first kappa shape index (κ1) is 24.4. The molecule has 0 atom stereocenters. The lowest BCUT2D eigenvalue weighted by Gasteiger charge is -2.06. The van der Waals surface area contributed by atoms with Crippen LogP contribution in [0, 0.1) is 6.92 Å². The van der Waals surface area contributed by atoms with Gasteiger partial charge in [0.15, 0.2) is 0 Å². The van der Waals surface area contributed by atoms with E-state index >= 15 is 0 Å². The van der Waals surface area contributed by atoms with E-state index in [9.17, 15) is 13.2 Å². The summed E-state index contributed by atoms with van der Waals surface area (Å²) in [6, 6.07) is 31.1. The van der Waals surface area contributed by atoms with Crippen LogP contribution >= 0.6 is 45.3 Å². The zero-order chi connectivity index (χ0) is 25.6. The van der Waals surface area contributed by atoms with Crippen molar-refractivity contribution < 1.29 is 13.2 Å². The summed E-state index contributed by atoms with van der Waals surface area (Å²) in [6.07, 6.45) is -4.32. The predicted molar refractivity (Wildman–Crippen MR) is 155 cm³/mol. The van der Waals surface area contributed by atoms with Crippen molar-refractivity contribution in [2.24, 2.45) is 0 Å². The van der Waals surface area contributed by atoms with Crippen molar-refractivity contribution in [1.29, 1.82) is 0 Å². The molecule has 2 aromatic carbocycles. The summed E-state index contributed by atoms with van der Waals surface area (Å²) >= 11 is 6.95. The third-order valence-electron chi connectivity index (χ3n) is 5.99. The first-order chi connectivity index (χ1) is 17.8. The molecule has 37 heavy (non-hydrogen) atoms. The zero-order valence-corrected chi connectivity index (χ0v) is 22.8. The number of halogens is 3. The Hall–Kier alpha value is -2.97. The van der Waals surface area contributed by atoms with Crippen molar-refractivity contribution in [3.8, 4) is 50.1 Å². The van der Waals surface area contributed by atoms with Gasteiger partial charge in [0.2, 0.25) is 0 Å². The number of hydrogen-bond donors (Lipinski definition) is 0. The average molecular weight is 565 g/mol. The molecule has 0 amide bonds. The van der Waals surface area contributed by atoms with Crippen LogP contribution in [0.4, 0.5) is 13.2 Å². The van der Waals surface area contributed by atoms with Crippen molar-refractivity contribution in [2.75, 3.05) is 0 Å². The minimum absolute atomic E-state index is 0.625. The summed E-state index contributed by atoms with van der Waals surface area (Å²) in [6.45, 7) is 2.10. The van der Waals surface area contributed by atoms with Gasteiger partial charge in [-0.25, -0.2) is 0 Å². The molecule has 0 aliphatic rings. The molecule has 0 radical (unpaired) electrons. The second-order valence-corrected chi connectivity index (χ2v) is 12.9. The summed E-state index contributed by atoms with van der Waals surface area (Å²) in [7, 11) is 0. The minimum Gasteiger partial charge on any atom is -0.166 e. The molecule has 4 aromatic heterocycles. The van der Waals surface area contributed by atoms with Crippen LogP contribution in [0.5, 0.6) is 0 Å². The number of thiophene rings is 4. The Morgan fingerprint density at radius 2 is 0.703 bits per heavy atom. The number of alkyl halides is 3. The Kier molecular flexibility index (Phi) is 6.41. The van der Waals surface area contributed by atoms with Crippen molar-refractivity contribution >= 4 is 45.3 Å². The maximum atomic E-state index is 12.9. The second-order valence-electron chi connectivity index (χ2n) is 8.60. The molecule has 0 aliphatic carbocycles. The molecule has 0 spiro atoms. The largest absolute Gasteiger partial charge is 0.416 e. The van der Waals surface area contributed by atoms with Gasteiger partial charge in [0.05, 0.1) is 5.56 Å². The summed E-state index contributed by atoms with van der Waals surface area (Å²) in [5.41, 5.74) is 2.68. The lowest BCUT2D eigenvalue weighted by atomic mass is 10.1. The molecule has 0 unspecified atom stereocenters. The van der Waals surface area contributed by atoms with E-state index in [1.54, 1.807) is 46.1 Å². The summed E-state index contributed by atoms with van der Waals surface area (Å²) < 4.78 is 38.6. The molecule has 4 heterocycles. The van der Waals surface area contributed by atoms with Crippen LogP contribution in [0.15, 0.2) is 97.1 Å². The topological polar surface area (TPSA) is 0 Å². The van der Waals surface area contributed by atoms with Gasteiger partial charge in [-0.1, -0.05) is 42.0 Å². The molecule has 0 nitrogen and oxygen atoms in total. The van der Waals surface area contributed by atoms with E-state index in [1.165, 1.54) is 35.5 Å². The van der Waals surface area contributed by atoms with Gasteiger partial charge in [0, 0.05) is 39.0 Å². The van der Waals surface area contributed by atoms with Gasteiger partial charge < -0.3 is 0 Å². The quantitative estimate of drug-likeness (QED) is 0.195. The van der Waals surface area contributed by atoms with E-state index in [0.29, 0.717) is 0 Å². The van der Waals surface area contributed by atoms with Crippen LogP contribution in [0.1, 0.15) is 11.1 Å². The first-order valence-corrected chi connectivity index (χ1v) is 14.8. The average Bonchev–Trinajstić information content (AvgIpc) is 3.69. The summed E-state index contributed by atoms with van der Waals surface area (Å²) in [5, 5.41) is 0. The molecule has 184 valence electrons. The van der Waals surface area contributed by atoms with Gasteiger partial charge in [-0.05, 0) is 78.7 Å². The SMILES string of the molecule is Cc1ccc(-c2ccc(-c3ccc(-c4ccc(-c5ccc(-c6ccc(C(F)(F)F)cc6)s5)s4)s3)s2)cc1. The molecule has 7 heteroatoms.